The number of amides is 4. The third kappa shape index (κ3) is 18.6. The van der Waals surface area contributed by atoms with E-state index in [-0.39, 0.29) is 6.61 Å². The van der Waals surface area contributed by atoms with Crippen molar-refractivity contribution in [3.63, 3.8) is 0 Å². The van der Waals surface area contributed by atoms with E-state index < -0.39 is 99.7 Å². The van der Waals surface area contributed by atoms with Crippen LogP contribution >= 0.6 is 0 Å². The van der Waals surface area contributed by atoms with Crippen LogP contribution in [0.3, 0.4) is 0 Å². The molecule has 0 aliphatic carbocycles. The van der Waals surface area contributed by atoms with Crippen LogP contribution in [-0.2, 0) is 54.6 Å². The topological polar surface area (TPSA) is 212 Å². The molecule has 0 aliphatic rings. The molecule has 0 fully saturated rings. The quantitative estimate of drug-likeness (QED) is 0.134. The number of ether oxygens (including phenoxy) is 3. The highest BCUT2D eigenvalue weighted by Gasteiger charge is 2.34. The molecular weight excluding hydrogens is 733 g/mol. The zero-order valence-corrected chi connectivity index (χ0v) is 33.7. The number of hydrogen-bond acceptors (Lipinski definition) is 11. The van der Waals surface area contributed by atoms with Gasteiger partial charge in [-0.3, -0.25) is 24.0 Å². The van der Waals surface area contributed by atoms with Crippen LogP contribution in [0.1, 0.15) is 85.4 Å². The van der Waals surface area contributed by atoms with Crippen LogP contribution in [0.5, 0.6) is 0 Å². The van der Waals surface area contributed by atoms with Crippen LogP contribution in [0, 0.1) is 5.92 Å². The van der Waals surface area contributed by atoms with Crippen molar-refractivity contribution in [3.05, 3.63) is 83.3 Å². The Kier molecular flexibility index (Phi) is 17.1. The third-order valence-electron chi connectivity index (χ3n) is 7.23. The molecule has 302 valence electrons. The second kappa shape index (κ2) is 20.4. The molecule has 2 rings (SSSR count). The Bertz CT molecular complexity index is 1770. The van der Waals surface area contributed by atoms with E-state index in [0.717, 1.165) is 17.7 Å². The lowest BCUT2D eigenvalue weighted by Gasteiger charge is -2.28. The molecular formula is C39H54N4O11S. The molecule has 0 radical (unpaired) electrons. The monoisotopic (exact) mass is 786 g/mol. The van der Waals surface area contributed by atoms with E-state index in [4.69, 9.17) is 14.2 Å². The van der Waals surface area contributed by atoms with Crippen LogP contribution in [-0.4, -0.2) is 79.8 Å². The summed E-state index contributed by atoms with van der Waals surface area (Å²) < 4.78 is 39.8. The Labute approximate surface area is 323 Å². The van der Waals surface area contributed by atoms with Crippen molar-refractivity contribution < 1.29 is 51.4 Å². The predicted octanol–water partition coefficient (Wildman–Crippen LogP) is 3.79. The molecule has 0 spiro atoms. The van der Waals surface area contributed by atoms with Gasteiger partial charge in [0.25, 0.3) is 0 Å². The summed E-state index contributed by atoms with van der Waals surface area (Å²) in [6.07, 6.45) is 0.0777. The zero-order chi connectivity index (χ0) is 41.6. The molecule has 0 bridgehead atoms. The van der Waals surface area contributed by atoms with E-state index in [9.17, 15) is 37.2 Å². The average molecular weight is 787 g/mol. The standard InChI is InChI=1S/C39H54N4O11S/c1-25(2)32(35(47)40-28(20-21-55(9,50)51)22-30(44)53-38(3,4)5)42-36(48)33(27-18-14-11-15-19-27)43-34(46)29(23-31(45)54-39(6,7)8)41-37(49)52-24-26-16-12-10-13-17-26/h10-21,25,28-29,32-33H,22-24H2,1-9H3,(H,40,47)(H,41,49)(H,42,48)(H,43,46). The van der Waals surface area contributed by atoms with Gasteiger partial charge in [0.1, 0.15) is 35.9 Å². The van der Waals surface area contributed by atoms with Gasteiger partial charge < -0.3 is 35.5 Å². The number of nitrogens with one attached hydrogen (secondary N) is 4. The zero-order valence-electron chi connectivity index (χ0n) is 32.8. The normalized spacial score (nSPS) is 14.1. The van der Waals surface area contributed by atoms with Gasteiger partial charge in [0, 0.05) is 11.7 Å². The first-order valence-corrected chi connectivity index (χ1v) is 19.6. The van der Waals surface area contributed by atoms with E-state index in [1.807, 2.05) is 0 Å². The molecule has 55 heavy (non-hydrogen) atoms. The summed E-state index contributed by atoms with van der Waals surface area (Å²) >= 11 is 0. The number of esters is 2. The van der Waals surface area contributed by atoms with Crippen molar-refractivity contribution in [1.82, 2.24) is 21.3 Å². The van der Waals surface area contributed by atoms with E-state index in [0.29, 0.717) is 11.1 Å². The van der Waals surface area contributed by atoms with Gasteiger partial charge in [-0.2, -0.15) is 0 Å². The molecule has 16 heteroatoms. The third-order valence-corrected chi connectivity index (χ3v) is 7.88. The molecule has 4 atom stereocenters. The fraction of sp³-hybridized carbons (Fsp3) is 0.487. The van der Waals surface area contributed by atoms with Gasteiger partial charge in [0.05, 0.1) is 18.9 Å². The first kappa shape index (κ1) is 45.9. The Balaban J connectivity index is 2.37. The summed E-state index contributed by atoms with van der Waals surface area (Å²) in [6, 6.07) is 11.5. The molecule has 4 N–H and O–H groups in total. The van der Waals surface area contributed by atoms with E-state index in [1.165, 1.54) is 0 Å². The summed E-state index contributed by atoms with van der Waals surface area (Å²) in [5.41, 5.74) is -0.769. The maximum Gasteiger partial charge on any atom is 0.408 e. The van der Waals surface area contributed by atoms with Crippen LogP contribution in [0.25, 0.3) is 0 Å². The fourth-order valence-electron chi connectivity index (χ4n) is 4.87. The number of hydrogen-bond donors (Lipinski definition) is 4. The molecule has 4 unspecified atom stereocenters. The molecule has 2 aromatic rings. The molecule has 0 aliphatic heterocycles. The van der Waals surface area contributed by atoms with Crippen molar-refractivity contribution in [2.45, 2.75) is 110 Å². The smallest absolute Gasteiger partial charge is 0.408 e. The molecule has 2 aromatic carbocycles. The summed E-state index contributed by atoms with van der Waals surface area (Å²) in [6.45, 7) is 13.1. The van der Waals surface area contributed by atoms with Crippen molar-refractivity contribution in [2.75, 3.05) is 6.26 Å². The predicted molar refractivity (Wildman–Crippen MR) is 204 cm³/mol. The molecule has 0 heterocycles. The van der Waals surface area contributed by atoms with E-state index in [2.05, 4.69) is 21.3 Å². The Morgan fingerprint density at radius 2 is 1.22 bits per heavy atom. The van der Waals surface area contributed by atoms with Crippen molar-refractivity contribution in [2.24, 2.45) is 5.92 Å². The number of carbonyl (C=O) groups is 6. The lowest BCUT2D eigenvalue weighted by Crippen LogP contribution is -2.56. The Morgan fingerprint density at radius 1 is 0.691 bits per heavy atom. The number of alkyl carbamates (subject to hydrolysis) is 1. The first-order chi connectivity index (χ1) is 25.4. The van der Waals surface area contributed by atoms with Crippen LogP contribution in [0.15, 0.2) is 72.1 Å². The molecule has 0 aromatic heterocycles. The highest BCUT2D eigenvalue weighted by atomic mass is 32.2. The number of sulfone groups is 1. The van der Waals surface area contributed by atoms with Crippen LogP contribution in [0.2, 0.25) is 0 Å². The summed E-state index contributed by atoms with van der Waals surface area (Å²) in [5.74, 6) is -4.56. The summed E-state index contributed by atoms with van der Waals surface area (Å²) in [5, 5.41) is 11.1. The van der Waals surface area contributed by atoms with Gasteiger partial charge in [-0.25, -0.2) is 13.2 Å². The van der Waals surface area contributed by atoms with Gasteiger partial charge in [0.2, 0.25) is 17.7 Å². The van der Waals surface area contributed by atoms with Gasteiger partial charge in [0.15, 0.2) is 9.84 Å². The van der Waals surface area contributed by atoms with Crippen molar-refractivity contribution in [1.29, 1.82) is 0 Å². The highest BCUT2D eigenvalue weighted by molar-refractivity contribution is 7.93. The Morgan fingerprint density at radius 3 is 1.73 bits per heavy atom. The van der Waals surface area contributed by atoms with Crippen molar-refractivity contribution >= 4 is 45.6 Å². The minimum atomic E-state index is -3.64. The second-order valence-electron chi connectivity index (χ2n) is 15.2. The summed E-state index contributed by atoms with van der Waals surface area (Å²) in [4.78, 5) is 79.9. The first-order valence-electron chi connectivity index (χ1n) is 17.7. The molecule has 0 saturated heterocycles. The number of rotatable bonds is 17. The maximum atomic E-state index is 14.0. The number of benzene rings is 2. The van der Waals surface area contributed by atoms with Gasteiger partial charge in [-0.15, -0.1) is 0 Å². The van der Waals surface area contributed by atoms with Crippen LogP contribution in [0.4, 0.5) is 4.79 Å². The maximum absolute atomic E-state index is 14.0. The van der Waals surface area contributed by atoms with E-state index >= 15 is 0 Å². The lowest BCUT2D eigenvalue weighted by molar-refractivity contribution is -0.157. The summed E-state index contributed by atoms with van der Waals surface area (Å²) in [7, 11) is -3.64. The second-order valence-corrected chi connectivity index (χ2v) is 17.1. The molecule has 15 nitrogen and oxygen atoms in total. The Hall–Kier alpha value is -5.25. The molecule has 0 saturated carbocycles. The van der Waals surface area contributed by atoms with Gasteiger partial charge in [-0.05, 0) is 58.6 Å². The van der Waals surface area contributed by atoms with Gasteiger partial charge in [-0.1, -0.05) is 80.6 Å². The van der Waals surface area contributed by atoms with Crippen molar-refractivity contribution in [3.8, 4) is 0 Å². The average Bonchev–Trinajstić information content (AvgIpc) is 3.05. The molecule has 4 amide bonds. The van der Waals surface area contributed by atoms with Gasteiger partial charge >= 0.3 is 18.0 Å². The minimum Gasteiger partial charge on any atom is -0.460 e. The minimum absolute atomic E-state index is 0.121. The largest absolute Gasteiger partial charge is 0.460 e. The highest BCUT2D eigenvalue weighted by Crippen LogP contribution is 2.17. The van der Waals surface area contributed by atoms with Crippen LogP contribution < -0.4 is 21.3 Å². The SMILES string of the molecule is CC(C)C(NC(=O)C(NC(=O)C(CC(=O)OC(C)(C)C)NC(=O)OCc1ccccc1)c1ccccc1)C(=O)NC(C=CS(C)(=O)=O)CC(=O)OC(C)(C)C. The lowest BCUT2D eigenvalue weighted by atomic mass is 10.00. The number of carbonyl (C=O) groups excluding carboxylic acids is 6. The fourth-order valence-corrected chi connectivity index (χ4v) is 5.34. The van der Waals surface area contributed by atoms with E-state index in [1.54, 1.807) is 116 Å².